The van der Waals surface area contributed by atoms with Crippen molar-refractivity contribution in [2.24, 2.45) is 0 Å². The summed E-state index contributed by atoms with van der Waals surface area (Å²) >= 11 is 0. The molecule has 0 aliphatic rings. The number of pyridine rings is 2. The molecule has 2 aromatic heterocycles. The Morgan fingerprint density at radius 1 is 1.21 bits per heavy atom. The fourth-order valence-corrected chi connectivity index (χ4v) is 1.47. The minimum Gasteiger partial charge on any atom is -0.368 e. The van der Waals surface area contributed by atoms with E-state index in [0.29, 0.717) is 24.5 Å². The van der Waals surface area contributed by atoms with Crippen LogP contribution in [0.25, 0.3) is 0 Å². The van der Waals surface area contributed by atoms with Gasteiger partial charge in [0, 0.05) is 25.5 Å². The van der Waals surface area contributed by atoms with Crippen LogP contribution in [0.4, 0.5) is 10.2 Å². The molecule has 2 N–H and O–H groups in total. The Bertz CT molecular complexity index is 547. The molecule has 0 aliphatic heterocycles. The van der Waals surface area contributed by atoms with E-state index in [-0.39, 0.29) is 5.91 Å². The lowest BCUT2D eigenvalue weighted by Gasteiger charge is -2.07. The molecule has 2 aromatic rings. The van der Waals surface area contributed by atoms with E-state index in [0.717, 1.165) is 0 Å². The Balaban J connectivity index is 1.74. The summed E-state index contributed by atoms with van der Waals surface area (Å²) in [6, 6.07) is 7.88. The molecular formula is C13H13FN4O. The predicted molar refractivity (Wildman–Crippen MR) is 69.3 cm³/mol. The largest absolute Gasteiger partial charge is 0.368 e. The highest BCUT2D eigenvalue weighted by Gasteiger charge is 2.03. The van der Waals surface area contributed by atoms with Gasteiger partial charge in [0.15, 0.2) is 0 Å². The van der Waals surface area contributed by atoms with Gasteiger partial charge in [0.25, 0.3) is 5.91 Å². The smallest absolute Gasteiger partial charge is 0.252 e. The standard InChI is InChI=1S/C13H13FN4O/c14-11-4-1-5-12(18-11)16-7-8-17-13(19)10-3-2-6-15-9-10/h1-6,9H,7-8H2,(H,16,18)(H,17,19). The topological polar surface area (TPSA) is 66.9 Å². The molecule has 19 heavy (non-hydrogen) atoms. The second-order valence-corrected chi connectivity index (χ2v) is 3.77. The molecule has 0 aromatic carbocycles. The van der Waals surface area contributed by atoms with Gasteiger partial charge in [-0.3, -0.25) is 9.78 Å². The third kappa shape index (κ3) is 4.02. The maximum absolute atomic E-state index is 12.8. The van der Waals surface area contributed by atoms with Crippen LogP contribution in [0.15, 0.2) is 42.7 Å². The number of nitrogens with zero attached hydrogens (tertiary/aromatic N) is 2. The number of rotatable bonds is 5. The van der Waals surface area contributed by atoms with E-state index < -0.39 is 5.95 Å². The van der Waals surface area contributed by atoms with E-state index in [4.69, 9.17) is 0 Å². The molecule has 2 rings (SSSR count). The zero-order valence-corrected chi connectivity index (χ0v) is 10.1. The minimum atomic E-state index is -0.538. The zero-order valence-electron chi connectivity index (χ0n) is 10.1. The number of anilines is 1. The summed E-state index contributed by atoms with van der Waals surface area (Å²) in [4.78, 5) is 19.2. The van der Waals surface area contributed by atoms with Crippen molar-refractivity contribution < 1.29 is 9.18 Å². The summed E-state index contributed by atoms with van der Waals surface area (Å²) in [6.07, 6.45) is 3.10. The van der Waals surface area contributed by atoms with E-state index in [1.54, 1.807) is 30.5 Å². The fourth-order valence-electron chi connectivity index (χ4n) is 1.47. The Labute approximate surface area is 109 Å². The van der Waals surface area contributed by atoms with Crippen LogP contribution in [0, 0.1) is 5.95 Å². The highest BCUT2D eigenvalue weighted by atomic mass is 19.1. The van der Waals surface area contributed by atoms with Gasteiger partial charge in [-0.15, -0.1) is 0 Å². The summed E-state index contributed by atoms with van der Waals surface area (Å²) in [5.41, 5.74) is 0.506. The monoisotopic (exact) mass is 260 g/mol. The van der Waals surface area contributed by atoms with Gasteiger partial charge in [0.2, 0.25) is 5.95 Å². The molecular weight excluding hydrogens is 247 g/mol. The van der Waals surface area contributed by atoms with Gasteiger partial charge < -0.3 is 10.6 Å². The fraction of sp³-hybridized carbons (Fsp3) is 0.154. The number of hydrogen-bond donors (Lipinski definition) is 2. The molecule has 6 heteroatoms. The van der Waals surface area contributed by atoms with E-state index in [9.17, 15) is 9.18 Å². The molecule has 0 atom stereocenters. The summed E-state index contributed by atoms with van der Waals surface area (Å²) in [7, 11) is 0. The van der Waals surface area contributed by atoms with Gasteiger partial charge in [-0.1, -0.05) is 6.07 Å². The molecule has 0 bridgehead atoms. The van der Waals surface area contributed by atoms with Crippen molar-refractivity contribution in [1.82, 2.24) is 15.3 Å². The van der Waals surface area contributed by atoms with E-state index in [2.05, 4.69) is 20.6 Å². The second-order valence-electron chi connectivity index (χ2n) is 3.77. The van der Waals surface area contributed by atoms with E-state index >= 15 is 0 Å². The molecule has 2 heterocycles. The van der Waals surface area contributed by atoms with Crippen molar-refractivity contribution in [2.45, 2.75) is 0 Å². The van der Waals surface area contributed by atoms with Crippen molar-refractivity contribution in [3.8, 4) is 0 Å². The molecule has 98 valence electrons. The molecule has 0 saturated heterocycles. The lowest BCUT2D eigenvalue weighted by molar-refractivity contribution is 0.0955. The Morgan fingerprint density at radius 2 is 2.11 bits per heavy atom. The molecule has 0 unspecified atom stereocenters. The van der Waals surface area contributed by atoms with Crippen LogP contribution in [-0.4, -0.2) is 29.0 Å². The first-order chi connectivity index (χ1) is 9.25. The molecule has 0 spiro atoms. The van der Waals surface area contributed by atoms with Crippen molar-refractivity contribution in [1.29, 1.82) is 0 Å². The Kier molecular flexibility index (Phi) is 4.39. The van der Waals surface area contributed by atoms with Crippen LogP contribution in [0.3, 0.4) is 0 Å². The van der Waals surface area contributed by atoms with E-state index in [1.165, 1.54) is 12.3 Å². The maximum atomic E-state index is 12.8. The highest BCUT2D eigenvalue weighted by Crippen LogP contribution is 2.02. The minimum absolute atomic E-state index is 0.192. The summed E-state index contributed by atoms with van der Waals surface area (Å²) in [6.45, 7) is 0.869. The second kappa shape index (κ2) is 6.44. The first-order valence-electron chi connectivity index (χ1n) is 5.80. The quantitative estimate of drug-likeness (QED) is 0.631. The van der Waals surface area contributed by atoms with Crippen LogP contribution < -0.4 is 10.6 Å². The first-order valence-corrected chi connectivity index (χ1v) is 5.80. The van der Waals surface area contributed by atoms with E-state index in [1.807, 2.05) is 0 Å². The van der Waals surface area contributed by atoms with Gasteiger partial charge in [0.05, 0.1) is 5.56 Å². The van der Waals surface area contributed by atoms with Crippen LogP contribution in [0.5, 0.6) is 0 Å². The average Bonchev–Trinajstić information content (AvgIpc) is 2.44. The van der Waals surface area contributed by atoms with Gasteiger partial charge in [-0.05, 0) is 24.3 Å². The number of nitrogens with one attached hydrogen (secondary N) is 2. The number of carbonyl (C=O) groups is 1. The van der Waals surface area contributed by atoms with Gasteiger partial charge in [-0.2, -0.15) is 4.39 Å². The van der Waals surface area contributed by atoms with Crippen LogP contribution in [-0.2, 0) is 0 Å². The first kappa shape index (κ1) is 12.9. The molecule has 5 nitrogen and oxygen atoms in total. The summed E-state index contributed by atoms with van der Waals surface area (Å²) in [5, 5.41) is 5.63. The summed E-state index contributed by atoms with van der Waals surface area (Å²) in [5.74, 6) is -0.290. The van der Waals surface area contributed by atoms with Crippen molar-refractivity contribution >= 4 is 11.7 Å². The maximum Gasteiger partial charge on any atom is 0.252 e. The number of hydrogen-bond acceptors (Lipinski definition) is 4. The Morgan fingerprint density at radius 3 is 2.84 bits per heavy atom. The SMILES string of the molecule is O=C(NCCNc1cccc(F)n1)c1cccnc1. The number of aromatic nitrogens is 2. The van der Waals surface area contributed by atoms with Gasteiger partial charge in [-0.25, -0.2) is 4.98 Å². The number of carbonyl (C=O) groups excluding carboxylic acids is 1. The van der Waals surface area contributed by atoms with Gasteiger partial charge in [0.1, 0.15) is 5.82 Å². The third-order valence-electron chi connectivity index (χ3n) is 2.36. The van der Waals surface area contributed by atoms with Crippen molar-refractivity contribution in [3.05, 3.63) is 54.2 Å². The van der Waals surface area contributed by atoms with Crippen molar-refractivity contribution in [3.63, 3.8) is 0 Å². The molecule has 0 aliphatic carbocycles. The molecule has 0 radical (unpaired) electrons. The van der Waals surface area contributed by atoms with Crippen molar-refractivity contribution in [2.75, 3.05) is 18.4 Å². The average molecular weight is 260 g/mol. The number of halogens is 1. The third-order valence-corrected chi connectivity index (χ3v) is 2.36. The molecule has 0 fully saturated rings. The Hall–Kier alpha value is -2.50. The number of amides is 1. The lowest BCUT2D eigenvalue weighted by atomic mass is 10.3. The molecule has 1 amide bonds. The van der Waals surface area contributed by atoms with Crippen LogP contribution in [0.2, 0.25) is 0 Å². The normalized spacial score (nSPS) is 9.95. The highest BCUT2D eigenvalue weighted by molar-refractivity contribution is 5.93. The molecule has 0 saturated carbocycles. The lowest BCUT2D eigenvalue weighted by Crippen LogP contribution is -2.28. The van der Waals surface area contributed by atoms with Gasteiger partial charge >= 0.3 is 0 Å². The summed E-state index contributed by atoms with van der Waals surface area (Å²) < 4.78 is 12.8. The predicted octanol–water partition coefficient (Wildman–Crippen LogP) is 1.46. The zero-order chi connectivity index (χ0) is 13.5. The van der Waals surface area contributed by atoms with Crippen LogP contribution in [0.1, 0.15) is 10.4 Å². The van der Waals surface area contributed by atoms with Crippen LogP contribution >= 0.6 is 0 Å².